The molecule has 4 aromatic rings. The molecule has 1 aromatic heterocycles. The number of aryl methyl sites for hydroxylation is 1. The Bertz CT molecular complexity index is 1160. The number of nitrogens with zero attached hydrogens (tertiary/aromatic N) is 1. The van der Waals surface area contributed by atoms with E-state index in [0.717, 1.165) is 52.4 Å². The summed E-state index contributed by atoms with van der Waals surface area (Å²) < 4.78 is 0. The maximum Gasteiger partial charge on any atom is 0.152 e. The van der Waals surface area contributed by atoms with Crippen molar-refractivity contribution in [3.8, 4) is 28.1 Å². The zero-order chi connectivity index (χ0) is 22.5. The van der Waals surface area contributed by atoms with Crippen LogP contribution in [0, 0.1) is 6.92 Å². The maximum atomic E-state index is 10.2. The highest BCUT2D eigenvalue weighted by atomic mass is 16.3. The Hall–Kier alpha value is -3.57. The minimum Gasteiger partial charge on any atom is -0.507 e. The number of rotatable bonds is 8. The van der Waals surface area contributed by atoms with Gasteiger partial charge in [-0.25, -0.2) is 0 Å². The normalized spacial score (nSPS) is 12.0. The first-order chi connectivity index (χ1) is 15.5. The second-order valence-corrected chi connectivity index (χ2v) is 8.28. The average Bonchev–Trinajstić information content (AvgIpc) is 3.27. The Morgan fingerprint density at radius 3 is 2.34 bits per heavy atom. The molecule has 0 aliphatic carbocycles. The van der Waals surface area contributed by atoms with Crippen molar-refractivity contribution in [2.24, 2.45) is 0 Å². The minimum atomic E-state index is 0.299. The summed E-state index contributed by atoms with van der Waals surface area (Å²) in [6.45, 7) is 7.23. The van der Waals surface area contributed by atoms with Crippen LogP contribution in [-0.2, 0) is 6.54 Å². The number of nitrogens with one attached hydrogen (secondary N) is 3. The van der Waals surface area contributed by atoms with Gasteiger partial charge in [0.15, 0.2) is 5.82 Å². The number of phenols is 1. The highest BCUT2D eigenvalue weighted by molar-refractivity contribution is 5.74. The third-order valence-electron chi connectivity index (χ3n) is 5.73. The van der Waals surface area contributed by atoms with E-state index < -0.39 is 0 Å². The summed E-state index contributed by atoms with van der Waals surface area (Å²) >= 11 is 0. The summed E-state index contributed by atoms with van der Waals surface area (Å²) in [5.74, 6) is 1.07. The van der Waals surface area contributed by atoms with Crippen LogP contribution in [-0.4, -0.2) is 21.3 Å². The SMILES string of the molecule is CCC(C)NCc1ccc(Nc2cc(-c3ccc(-c4ccc(C)cc4O)cc3)[nH]n2)cc1. The van der Waals surface area contributed by atoms with Crippen molar-refractivity contribution < 1.29 is 5.11 Å². The monoisotopic (exact) mass is 426 g/mol. The van der Waals surface area contributed by atoms with E-state index in [2.05, 4.69) is 58.9 Å². The molecule has 0 fully saturated rings. The van der Waals surface area contributed by atoms with Crippen molar-refractivity contribution in [2.75, 3.05) is 5.32 Å². The van der Waals surface area contributed by atoms with E-state index in [9.17, 15) is 5.11 Å². The van der Waals surface area contributed by atoms with Gasteiger partial charge in [-0.1, -0.05) is 55.5 Å². The first kappa shape index (κ1) is 21.7. The second-order valence-electron chi connectivity index (χ2n) is 8.28. The van der Waals surface area contributed by atoms with Crippen LogP contribution in [0.4, 0.5) is 11.5 Å². The lowest BCUT2D eigenvalue weighted by Crippen LogP contribution is -2.24. The molecule has 0 saturated carbocycles. The average molecular weight is 427 g/mol. The van der Waals surface area contributed by atoms with Crippen LogP contribution in [0.5, 0.6) is 5.75 Å². The first-order valence-electron chi connectivity index (χ1n) is 11.1. The number of benzene rings is 3. The number of phenolic OH excluding ortho intramolecular Hbond substituents is 1. The first-order valence-corrected chi connectivity index (χ1v) is 11.1. The predicted molar refractivity (Wildman–Crippen MR) is 132 cm³/mol. The van der Waals surface area contributed by atoms with Gasteiger partial charge in [0.25, 0.3) is 0 Å². The zero-order valence-electron chi connectivity index (χ0n) is 18.8. The van der Waals surface area contributed by atoms with Gasteiger partial charge in [0.1, 0.15) is 5.75 Å². The molecule has 0 bridgehead atoms. The van der Waals surface area contributed by atoms with E-state index in [4.69, 9.17) is 0 Å². The standard InChI is InChI=1S/C27H30N4O/c1-4-19(3)28-17-20-6-12-23(13-7-20)29-27-16-25(30-31-27)22-10-8-21(9-11-22)24-14-5-18(2)15-26(24)32/h5-16,19,28,32H,4,17H2,1-3H3,(H2,29,30,31). The summed E-state index contributed by atoms with van der Waals surface area (Å²) in [5.41, 5.74) is 7.08. The lowest BCUT2D eigenvalue weighted by Gasteiger charge is -2.11. The molecule has 0 aliphatic rings. The molecular weight excluding hydrogens is 396 g/mol. The van der Waals surface area contributed by atoms with Gasteiger partial charge < -0.3 is 15.7 Å². The van der Waals surface area contributed by atoms with Crippen molar-refractivity contribution >= 4 is 11.5 Å². The predicted octanol–water partition coefficient (Wildman–Crippen LogP) is 6.39. The molecule has 0 amide bonds. The van der Waals surface area contributed by atoms with Crippen LogP contribution < -0.4 is 10.6 Å². The van der Waals surface area contributed by atoms with Crippen LogP contribution in [0.25, 0.3) is 22.4 Å². The lowest BCUT2D eigenvalue weighted by molar-refractivity contribution is 0.477. The molecule has 4 rings (SSSR count). The summed E-state index contributed by atoms with van der Waals surface area (Å²) in [6, 6.07) is 24.8. The van der Waals surface area contributed by atoms with Crippen molar-refractivity contribution in [2.45, 2.75) is 39.8 Å². The van der Waals surface area contributed by atoms with Gasteiger partial charge in [-0.15, -0.1) is 0 Å². The summed E-state index contributed by atoms with van der Waals surface area (Å²) in [4.78, 5) is 0. The van der Waals surface area contributed by atoms with Gasteiger partial charge in [-0.2, -0.15) is 5.10 Å². The molecule has 0 aliphatic heterocycles. The molecule has 3 aromatic carbocycles. The Balaban J connectivity index is 1.41. The third-order valence-corrected chi connectivity index (χ3v) is 5.73. The Labute approximate surface area is 189 Å². The van der Waals surface area contributed by atoms with E-state index in [-0.39, 0.29) is 0 Å². The molecule has 5 heteroatoms. The lowest BCUT2D eigenvalue weighted by atomic mass is 10.0. The van der Waals surface area contributed by atoms with Crippen LogP contribution >= 0.6 is 0 Å². The summed E-state index contributed by atoms with van der Waals surface area (Å²) in [5, 5.41) is 24.6. The smallest absolute Gasteiger partial charge is 0.152 e. The number of aromatic nitrogens is 2. The molecular formula is C27H30N4O. The van der Waals surface area contributed by atoms with Crippen LogP contribution in [0.1, 0.15) is 31.4 Å². The van der Waals surface area contributed by atoms with E-state index in [1.54, 1.807) is 6.07 Å². The highest BCUT2D eigenvalue weighted by Gasteiger charge is 2.08. The van der Waals surface area contributed by atoms with E-state index in [1.165, 1.54) is 5.56 Å². The maximum absolute atomic E-state index is 10.2. The Kier molecular flexibility index (Phi) is 6.57. The number of aromatic amines is 1. The topological polar surface area (TPSA) is 73.0 Å². The van der Waals surface area contributed by atoms with Gasteiger partial charge in [-0.05, 0) is 60.7 Å². The van der Waals surface area contributed by atoms with Gasteiger partial charge in [0.2, 0.25) is 0 Å². The van der Waals surface area contributed by atoms with Crippen LogP contribution in [0.3, 0.4) is 0 Å². The minimum absolute atomic E-state index is 0.299. The number of aromatic hydroxyl groups is 1. The number of anilines is 2. The number of hydrogen-bond acceptors (Lipinski definition) is 4. The van der Waals surface area contributed by atoms with Gasteiger partial charge in [0.05, 0.1) is 5.69 Å². The molecule has 4 N–H and O–H groups in total. The van der Waals surface area contributed by atoms with Crippen molar-refractivity contribution in [3.63, 3.8) is 0 Å². The van der Waals surface area contributed by atoms with E-state index in [0.29, 0.717) is 11.8 Å². The van der Waals surface area contributed by atoms with E-state index in [1.807, 2.05) is 49.4 Å². The third kappa shape index (κ3) is 5.18. The second kappa shape index (κ2) is 9.71. The van der Waals surface area contributed by atoms with Crippen molar-refractivity contribution in [1.82, 2.24) is 15.5 Å². The fourth-order valence-electron chi connectivity index (χ4n) is 3.54. The molecule has 0 spiro atoms. The van der Waals surface area contributed by atoms with Gasteiger partial charge >= 0.3 is 0 Å². The van der Waals surface area contributed by atoms with Gasteiger partial charge in [0, 0.05) is 29.9 Å². The summed E-state index contributed by atoms with van der Waals surface area (Å²) in [7, 11) is 0. The largest absolute Gasteiger partial charge is 0.507 e. The summed E-state index contributed by atoms with van der Waals surface area (Å²) in [6.07, 6.45) is 1.12. The zero-order valence-corrected chi connectivity index (χ0v) is 18.8. The fourth-order valence-corrected chi connectivity index (χ4v) is 3.54. The van der Waals surface area contributed by atoms with Crippen molar-refractivity contribution in [1.29, 1.82) is 0 Å². The van der Waals surface area contributed by atoms with Crippen LogP contribution in [0.2, 0.25) is 0 Å². The van der Waals surface area contributed by atoms with E-state index >= 15 is 0 Å². The molecule has 0 radical (unpaired) electrons. The molecule has 32 heavy (non-hydrogen) atoms. The molecule has 1 atom stereocenters. The molecule has 1 heterocycles. The highest BCUT2D eigenvalue weighted by Crippen LogP contribution is 2.31. The van der Waals surface area contributed by atoms with Gasteiger partial charge in [-0.3, -0.25) is 5.10 Å². The Morgan fingerprint density at radius 1 is 0.938 bits per heavy atom. The van der Waals surface area contributed by atoms with Crippen LogP contribution in [0.15, 0.2) is 72.8 Å². The Morgan fingerprint density at radius 2 is 1.66 bits per heavy atom. The molecule has 164 valence electrons. The quantitative estimate of drug-likeness (QED) is 0.263. The molecule has 0 saturated heterocycles. The number of H-pyrrole nitrogens is 1. The fraction of sp³-hybridized carbons (Fsp3) is 0.222. The number of hydrogen-bond donors (Lipinski definition) is 4. The van der Waals surface area contributed by atoms with Crippen molar-refractivity contribution in [3.05, 3.63) is 83.9 Å². The molecule has 1 unspecified atom stereocenters. The molecule has 5 nitrogen and oxygen atoms in total.